The van der Waals surface area contributed by atoms with Crippen molar-refractivity contribution in [3.05, 3.63) is 16.8 Å². The first-order valence-corrected chi connectivity index (χ1v) is 4.97. The fraction of sp³-hybridized carbons (Fsp3) is 0.545. The standard InChI is InChI=1S/C11H17N3O/c1-8-9(2)14(5-4-6-15-3)11(13)10(8)7-12/h4-6,13H2,1-3H3. The fourth-order valence-corrected chi connectivity index (χ4v) is 1.69. The Morgan fingerprint density at radius 1 is 1.47 bits per heavy atom. The maximum Gasteiger partial charge on any atom is 0.122 e. The number of nitrogen functional groups attached to an aromatic ring is 1. The largest absolute Gasteiger partial charge is 0.385 e. The lowest BCUT2D eigenvalue weighted by Gasteiger charge is -2.08. The molecule has 0 aliphatic heterocycles. The Morgan fingerprint density at radius 3 is 2.60 bits per heavy atom. The number of nitrogens with two attached hydrogens (primary N) is 1. The van der Waals surface area contributed by atoms with E-state index in [4.69, 9.17) is 15.7 Å². The summed E-state index contributed by atoms with van der Waals surface area (Å²) in [5, 5.41) is 8.94. The lowest BCUT2D eigenvalue weighted by molar-refractivity contribution is 0.190. The van der Waals surface area contributed by atoms with Gasteiger partial charge in [-0.3, -0.25) is 0 Å². The van der Waals surface area contributed by atoms with E-state index < -0.39 is 0 Å². The molecule has 15 heavy (non-hydrogen) atoms. The molecule has 0 amide bonds. The zero-order valence-corrected chi connectivity index (χ0v) is 9.50. The monoisotopic (exact) mass is 207 g/mol. The molecule has 1 aromatic heterocycles. The normalized spacial score (nSPS) is 10.3. The van der Waals surface area contributed by atoms with Gasteiger partial charge in [-0.05, 0) is 25.8 Å². The quantitative estimate of drug-likeness (QED) is 0.762. The van der Waals surface area contributed by atoms with Crippen molar-refractivity contribution in [3.8, 4) is 6.07 Å². The number of nitriles is 1. The summed E-state index contributed by atoms with van der Waals surface area (Å²) in [4.78, 5) is 0. The highest BCUT2D eigenvalue weighted by atomic mass is 16.5. The van der Waals surface area contributed by atoms with Crippen LogP contribution in [-0.4, -0.2) is 18.3 Å². The van der Waals surface area contributed by atoms with E-state index in [1.807, 2.05) is 18.4 Å². The lowest BCUT2D eigenvalue weighted by Crippen LogP contribution is -2.07. The van der Waals surface area contributed by atoms with E-state index in [0.717, 1.165) is 24.2 Å². The third-order valence-electron chi connectivity index (χ3n) is 2.71. The van der Waals surface area contributed by atoms with Crippen molar-refractivity contribution in [3.63, 3.8) is 0 Å². The van der Waals surface area contributed by atoms with Crippen LogP contribution < -0.4 is 5.73 Å². The first-order valence-electron chi connectivity index (χ1n) is 4.97. The van der Waals surface area contributed by atoms with Gasteiger partial charge in [0.15, 0.2) is 0 Å². The molecule has 2 N–H and O–H groups in total. The van der Waals surface area contributed by atoms with E-state index in [0.29, 0.717) is 18.0 Å². The van der Waals surface area contributed by atoms with Crippen molar-refractivity contribution in [1.82, 2.24) is 4.57 Å². The van der Waals surface area contributed by atoms with Crippen LogP contribution in [0.15, 0.2) is 0 Å². The van der Waals surface area contributed by atoms with E-state index in [1.165, 1.54) is 0 Å². The summed E-state index contributed by atoms with van der Waals surface area (Å²) in [6, 6.07) is 2.14. The first-order chi connectivity index (χ1) is 7.13. The van der Waals surface area contributed by atoms with Gasteiger partial charge in [0.25, 0.3) is 0 Å². The van der Waals surface area contributed by atoms with Gasteiger partial charge in [0.2, 0.25) is 0 Å². The molecule has 1 rings (SSSR count). The molecule has 0 aliphatic carbocycles. The minimum Gasteiger partial charge on any atom is -0.385 e. The van der Waals surface area contributed by atoms with Crippen LogP contribution >= 0.6 is 0 Å². The molecule has 4 heteroatoms. The molecule has 0 bridgehead atoms. The summed E-state index contributed by atoms with van der Waals surface area (Å²) in [5.74, 6) is 0.573. The van der Waals surface area contributed by atoms with Crippen molar-refractivity contribution in [2.45, 2.75) is 26.8 Å². The van der Waals surface area contributed by atoms with E-state index in [9.17, 15) is 0 Å². The Morgan fingerprint density at radius 2 is 2.13 bits per heavy atom. The average Bonchev–Trinajstić information content (AvgIpc) is 2.42. The van der Waals surface area contributed by atoms with Gasteiger partial charge in [-0.15, -0.1) is 0 Å². The molecule has 4 nitrogen and oxygen atoms in total. The molecule has 1 heterocycles. The molecule has 0 aromatic carbocycles. The van der Waals surface area contributed by atoms with E-state index in [-0.39, 0.29) is 0 Å². The Hall–Kier alpha value is -1.47. The summed E-state index contributed by atoms with van der Waals surface area (Å²) in [6.45, 7) is 5.42. The first kappa shape index (κ1) is 11.6. The van der Waals surface area contributed by atoms with Crippen LogP contribution in [0.3, 0.4) is 0 Å². The number of methoxy groups -OCH3 is 1. The lowest BCUT2D eigenvalue weighted by atomic mass is 10.2. The smallest absolute Gasteiger partial charge is 0.122 e. The second-order valence-electron chi connectivity index (χ2n) is 3.58. The van der Waals surface area contributed by atoms with Crippen molar-refractivity contribution in [1.29, 1.82) is 5.26 Å². The third kappa shape index (κ3) is 2.13. The molecular formula is C11H17N3O. The van der Waals surface area contributed by atoms with Crippen LogP contribution in [0, 0.1) is 25.2 Å². The second-order valence-corrected chi connectivity index (χ2v) is 3.58. The maximum atomic E-state index is 8.94. The molecule has 0 saturated heterocycles. The predicted octanol–water partition coefficient (Wildman–Crippen LogP) is 1.60. The van der Waals surface area contributed by atoms with Gasteiger partial charge in [-0.25, -0.2) is 0 Å². The number of hydrogen-bond donors (Lipinski definition) is 1. The van der Waals surface area contributed by atoms with Crippen molar-refractivity contribution < 1.29 is 4.74 Å². The number of rotatable bonds is 4. The Labute approximate surface area is 90.3 Å². The fourth-order valence-electron chi connectivity index (χ4n) is 1.69. The summed E-state index contributed by atoms with van der Waals surface area (Å²) in [5.41, 5.74) is 8.55. The molecule has 0 aliphatic rings. The van der Waals surface area contributed by atoms with Crippen LogP contribution in [0.2, 0.25) is 0 Å². The molecule has 0 atom stereocenters. The van der Waals surface area contributed by atoms with E-state index in [2.05, 4.69) is 6.07 Å². The van der Waals surface area contributed by atoms with Crippen LogP contribution in [0.1, 0.15) is 23.2 Å². The minimum absolute atomic E-state index is 0.573. The Balaban J connectivity index is 2.94. The summed E-state index contributed by atoms with van der Waals surface area (Å²) >= 11 is 0. The van der Waals surface area contributed by atoms with E-state index in [1.54, 1.807) is 7.11 Å². The summed E-state index contributed by atoms with van der Waals surface area (Å²) < 4.78 is 6.97. The zero-order valence-electron chi connectivity index (χ0n) is 9.50. The number of nitrogens with zero attached hydrogens (tertiary/aromatic N) is 2. The second kappa shape index (κ2) is 4.85. The highest BCUT2D eigenvalue weighted by Crippen LogP contribution is 2.23. The van der Waals surface area contributed by atoms with Gasteiger partial charge >= 0.3 is 0 Å². The summed E-state index contributed by atoms with van der Waals surface area (Å²) in [6.07, 6.45) is 0.903. The molecule has 0 spiro atoms. The highest BCUT2D eigenvalue weighted by molar-refractivity contribution is 5.57. The van der Waals surface area contributed by atoms with Crippen molar-refractivity contribution in [2.75, 3.05) is 19.5 Å². The van der Waals surface area contributed by atoms with Gasteiger partial charge in [0, 0.05) is 26.0 Å². The maximum absolute atomic E-state index is 8.94. The molecule has 82 valence electrons. The number of ether oxygens (including phenoxy) is 1. The molecule has 0 saturated carbocycles. The summed E-state index contributed by atoms with van der Waals surface area (Å²) in [7, 11) is 1.68. The molecular weight excluding hydrogens is 190 g/mol. The number of hydrogen-bond acceptors (Lipinski definition) is 3. The van der Waals surface area contributed by atoms with Gasteiger partial charge in [0.1, 0.15) is 11.9 Å². The van der Waals surface area contributed by atoms with Crippen molar-refractivity contribution in [2.24, 2.45) is 0 Å². The predicted molar refractivity (Wildman–Crippen MR) is 59.5 cm³/mol. The topological polar surface area (TPSA) is 64.0 Å². The average molecular weight is 207 g/mol. The van der Waals surface area contributed by atoms with E-state index >= 15 is 0 Å². The van der Waals surface area contributed by atoms with Crippen LogP contribution in [-0.2, 0) is 11.3 Å². The highest BCUT2D eigenvalue weighted by Gasteiger charge is 2.14. The van der Waals surface area contributed by atoms with Gasteiger partial charge < -0.3 is 15.0 Å². The van der Waals surface area contributed by atoms with Gasteiger partial charge in [0.05, 0.1) is 5.56 Å². The van der Waals surface area contributed by atoms with Crippen LogP contribution in [0.4, 0.5) is 5.82 Å². The number of aromatic nitrogens is 1. The van der Waals surface area contributed by atoms with Gasteiger partial charge in [-0.1, -0.05) is 0 Å². The minimum atomic E-state index is 0.573. The third-order valence-corrected chi connectivity index (χ3v) is 2.71. The Kier molecular flexibility index (Phi) is 3.75. The molecule has 0 radical (unpaired) electrons. The Bertz CT molecular complexity index is 388. The molecule has 0 fully saturated rings. The van der Waals surface area contributed by atoms with Crippen LogP contribution in [0.5, 0.6) is 0 Å². The molecule has 0 unspecified atom stereocenters. The number of anilines is 1. The van der Waals surface area contributed by atoms with Gasteiger partial charge in [-0.2, -0.15) is 5.26 Å². The SMILES string of the molecule is COCCCn1c(C)c(C)c(C#N)c1N. The van der Waals surface area contributed by atoms with Crippen LogP contribution in [0.25, 0.3) is 0 Å². The molecule has 1 aromatic rings. The van der Waals surface area contributed by atoms with Crippen molar-refractivity contribution >= 4 is 5.82 Å². The zero-order chi connectivity index (χ0) is 11.4.